The highest BCUT2D eigenvalue weighted by atomic mass is 32.2. The van der Waals surface area contributed by atoms with Crippen molar-refractivity contribution in [3.05, 3.63) is 16.8 Å². The van der Waals surface area contributed by atoms with Crippen molar-refractivity contribution in [2.45, 2.75) is 16.6 Å². The number of fused-ring (bicyclic) bond motifs is 1. The molecule has 0 saturated carbocycles. The lowest BCUT2D eigenvalue weighted by Gasteiger charge is -2.48. The molecule has 2 aliphatic rings. The Kier molecular flexibility index (Phi) is 3.74. The third kappa shape index (κ3) is 2.33. The summed E-state index contributed by atoms with van der Waals surface area (Å²) in [7, 11) is 0. The van der Waals surface area contributed by atoms with E-state index in [1.165, 1.54) is 28.0 Å². The van der Waals surface area contributed by atoms with Gasteiger partial charge in [0.15, 0.2) is 4.34 Å². The fourth-order valence-electron chi connectivity index (χ4n) is 2.14. The number of aliphatic carboxylic acids is 1. The molecule has 0 aromatic carbocycles. The smallest absolute Gasteiger partial charge is 0.352 e. The standard InChI is InChI=1S/C11H11N3O3S3/c1-5-12-13-11(20-5)19-4-6-8(15)14-7(10(16)17)2-3-18-9(6)14/h2,6,9H,3-4H2,1H3,(H,16,17)/t6?,9-/m0/s1. The molecular formula is C11H11N3O3S3. The maximum absolute atomic E-state index is 12.1. The minimum absolute atomic E-state index is 0.0554. The van der Waals surface area contributed by atoms with Gasteiger partial charge < -0.3 is 5.11 Å². The summed E-state index contributed by atoms with van der Waals surface area (Å²) in [6.45, 7) is 1.89. The van der Waals surface area contributed by atoms with Crippen molar-refractivity contribution in [1.82, 2.24) is 15.1 Å². The molecule has 1 fully saturated rings. The summed E-state index contributed by atoms with van der Waals surface area (Å²) in [5.41, 5.74) is 0.117. The molecule has 0 spiro atoms. The zero-order chi connectivity index (χ0) is 14.3. The van der Waals surface area contributed by atoms with Gasteiger partial charge in [-0.15, -0.1) is 22.0 Å². The first-order valence-electron chi connectivity index (χ1n) is 5.89. The molecular weight excluding hydrogens is 318 g/mol. The van der Waals surface area contributed by atoms with E-state index >= 15 is 0 Å². The molecule has 1 aromatic heterocycles. The molecule has 2 atom stereocenters. The summed E-state index contributed by atoms with van der Waals surface area (Å²) in [6.07, 6.45) is 1.60. The third-order valence-corrected chi connectivity index (χ3v) is 6.40. The lowest BCUT2D eigenvalue weighted by atomic mass is 9.99. The number of thioether (sulfide) groups is 2. The fourth-order valence-corrected chi connectivity index (χ4v) is 5.48. The molecule has 1 N–H and O–H groups in total. The monoisotopic (exact) mass is 329 g/mol. The maximum Gasteiger partial charge on any atom is 0.352 e. The van der Waals surface area contributed by atoms with E-state index in [2.05, 4.69) is 10.2 Å². The topological polar surface area (TPSA) is 83.4 Å². The van der Waals surface area contributed by atoms with Crippen LogP contribution >= 0.6 is 34.9 Å². The number of β-lactam (4-membered cyclic amide) rings is 1. The second-order valence-corrected chi connectivity index (χ2v) is 7.93. The third-order valence-electron chi connectivity index (χ3n) is 3.07. The Balaban J connectivity index is 1.65. The van der Waals surface area contributed by atoms with Crippen LogP contribution in [0.15, 0.2) is 16.1 Å². The van der Waals surface area contributed by atoms with Gasteiger partial charge in [0.1, 0.15) is 10.7 Å². The van der Waals surface area contributed by atoms with Gasteiger partial charge >= 0.3 is 5.97 Å². The summed E-state index contributed by atoms with van der Waals surface area (Å²) in [5.74, 6) is -0.0275. The molecule has 1 aromatic rings. The predicted molar refractivity (Wildman–Crippen MR) is 77.7 cm³/mol. The summed E-state index contributed by atoms with van der Waals surface area (Å²) in [4.78, 5) is 24.6. The van der Waals surface area contributed by atoms with Gasteiger partial charge in [-0.2, -0.15) is 0 Å². The van der Waals surface area contributed by atoms with E-state index < -0.39 is 5.97 Å². The number of nitrogens with zero attached hydrogens (tertiary/aromatic N) is 3. The number of hydrogen-bond donors (Lipinski definition) is 1. The van der Waals surface area contributed by atoms with Crippen LogP contribution in [0.4, 0.5) is 0 Å². The van der Waals surface area contributed by atoms with E-state index in [0.717, 1.165) is 9.35 Å². The van der Waals surface area contributed by atoms with E-state index in [1.807, 2.05) is 6.92 Å². The highest BCUT2D eigenvalue weighted by Crippen LogP contribution is 2.43. The van der Waals surface area contributed by atoms with Crippen LogP contribution in [0.5, 0.6) is 0 Å². The average Bonchev–Trinajstić information content (AvgIpc) is 2.83. The first kappa shape index (κ1) is 13.9. The summed E-state index contributed by atoms with van der Waals surface area (Å²) >= 11 is 4.62. The molecule has 3 heterocycles. The molecule has 20 heavy (non-hydrogen) atoms. The van der Waals surface area contributed by atoms with Crippen LogP contribution in [-0.2, 0) is 9.59 Å². The fraction of sp³-hybridized carbons (Fsp3) is 0.455. The molecule has 1 unspecified atom stereocenters. The summed E-state index contributed by atoms with van der Waals surface area (Å²) < 4.78 is 0.851. The van der Waals surface area contributed by atoms with Crippen LogP contribution in [-0.4, -0.2) is 49.0 Å². The number of carbonyl (C=O) groups is 2. The van der Waals surface area contributed by atoms with E-state index in [4.69, 9.17) is 5.11 Å². The Bertz CT molecular complexity index is 601. The Morgan fingerprint density at radius 3 is 3.05 bits per heavy atom. The van der Waals surface area contributed by atoms with E-state index in [1.54, 1.807) is 17.8 Å². The number of rotatable bonds is 4. The highest BCUT2D eigenvalue weighted by molar-refractivity contribution is 8.01. The molecule has 3 rings (SSSR count). The SMILES string of the molecule is Cc1nnc(SCC2C(=O)N3C(C(=O)O)=CCS[C@@H]23)s1. The molecule has 1 saturated heterocycles. The average molecular weight is 329 g/mol. The summed E-state index contributed by atoms with van der Waals surface area (Å²) in [6, 6.07) is 0. The minimum Gasteiger partial charge on any atom is -0.477 e. The molecule has 106 valence electrons. The van der Waals surface area contributed by atoms with Crippen LogP contribution in [0, 0.1) is 12.8 Å². The van der Waals surface area contributed by atoms with Gasteiger partial charge in [-0.3, -0.25) is 9.69 Å². The minimum atomic E-state index is -1.03. The van der Waals surface area contributed by atoms with Crippen LogP contribution < -0.4 is 0 Å². The number of carboxylic acids is 1. The van der Waals surface area contributed by atoms with E-state index in [0.29, 0.717) is 11.5 Å². The normalized spacial score (nSPS) is 24.9. The number of hydrogen-bond acceptors (Lipinski definition) is 7. The Hall–Kier alpha value is -1.06. The second-order valence-electron chi connectivity index (χ2n) is 4.33. The maximum atomic E-state index is 12.1. The van der Waals surface area contributed by atoms with Crippen LogP contribution in [0.1, 0.15) is 5.01 Å². The van der Waals surface area contributed by atoms with Gasteiger partial charge in [0.05, 0.1) is 11.3 Å². The molecule has 0 bridgehead atoms. The largest absolute Gasteiger partial charge is 0.477 e. The molecule has 0 aliphatic carbocycles. The molecule has 0 radical (unpaired) electrons. The number of carbonyl (C=O) groups excluding carboxylic acids is 1. The van der Waals surface area contributed by atoms with Gasteiger partial charge in [-0.1, -0.05) is 23.1 Å². The number of carboxylic acid groups (broad SMARTS) is 1. The van der Waals surface area contributed by atoms with Gasteiger partial charge in [0.25, 0.3) is 0 Å². The lowest BCUT2D eigenvalue weighted by molar-refractivity contribution is -0.151. The van der Waals surface area contributed by atoms with Crippen LogP contribution in [0.3, 0.4) is 0 Å². The van der Waals surface area contributed by atoms with Crippen molar-refractivity contribution in [3.63, 3.8) is 0 Å². The molecule has 6 nitrogen and oxygen atoms in total. The van der Waals surface area contributed by atoms with Crippen molar-refractivity contribution in [1.29, 1.82) is 0 Å². The number of aryl methyl sites for hydroxylation is 1. The highest BCUT2D eigenvalue weighted by Gasteiger charge is 2.51. The van der Waals surface area contributed by atoms with Crippen molar-refractivity contribution < 1.29 is 14.7 Å². The Morgan fingerprint density at radius 2 is 2.40 bits per heavy atom. The first-order valence-corrected chi connectivity index (χ1v) is 8.74. The number of aromatic nitrogens is 2. The van der Waals surface area contributed by atoms with E-state index in [9.17, 15) is 9.59 Å². The molecule has 2 aliphatic heterocycles. The predicted octanol–water partition coefficient (Wildman–Crippen LogP) is 1.44. The zero-order valence-corrected chi connectivity index (χ0v) is 12.9. The van der Waals surface area contributed by atoms with Crippen molar-refractivity contribution in [2.75, 3.05) is 11.5 Å². The molecule has 9 heteroatoms. The van der Waals surface area contributed by atoms with Gasteiger partial charge in [0, 0.05) is 11.5 Å². The molecule has 1 amide bonds. The van der Waals surface area contributed by atoms with Crippen molar-refractivity contribution in [3.8, 4) is 0 Å². The van der Waals surface area contributed by atoms with Gasteiger partial charge in [-0.25, -0.2) is 4.79 Å². The second kappa shape index (κ2) is 5.38. The van der Waals surface area contributed by atoms with Crippen molar-refractivity contribution >= 4 is 46.7 Å². The quantitative estimate of drug-likeness (QED) is 0.661. The van der Waals surface area contributed by atoms with Crippen LogP contribution in [0.2, 0.25) is 0 Å². The Labute approximate surface area is 127 Å². The Morgan fingerprint density at radius 1 is 1.60 bits per heavy atom. The lowest BCUT2D eigenvalue weighted by Crippen LogP contribution is -2.61. The van der Waals surface area contributed by atoms with Gasteiger partial charge in [-0.05, 0) is 13.0 Å². The van der Waals surface area contributed by atoms with Crippen molar-refractivity contribution in [2.24, 2.45) is 5.92 Å². The first-order chi connectivity index (χ1) is 9.58. The zero-order valence-electron chi connectivity index (χ0n) is 10.5. The summed E-state index contributed by atoms with van der Waals surface area (Å²) in [5, 5.41) is 17.9. The van der Waals surface area contributed by atoms with Gasteiger partial charge in [0.2, 0.25) is 5.91 Å². The number of amides is 1. The van der Waals surface area contributed by atoms with E-state index in [-0.39, 0.29) is 22.9 Å². The van der Waals surface area contributed by atoms with Crippen LogP contribution in [0.25, 0.3) is 0 Å².